The van der Waals surface area contributed by atoms with Crippen molar-refractivity contribution in [2.24, 2.45) is 0 Å². The van der Waals surface area contributed by atoms with E-state index in [1.165, 1.54) is 16.7 Å². The number of likely N-dealkylation sites (tertiary alicyclic amines) is 1. The van der Waals surface area contributed by atoms with E-state index in [4.69, 9.17) is 0 Å². The maximum Gasteiger partial charge on any atom is 0.326 e. The third-order valence-corrected chi connectivity index (χ3v) is 5.19. The van der Waals surface area contributed by atoms with Crippen molar-refractivity contribution in [3.63, 3.8) is 0 Å². The van der Waals surface area contributed by atoms with Crippen molar-refractivity contribution in [2.75, 3.05) is 12.3 Å². The van der Waals surface area contributed by atoms with Crippen LogP contribution in [-0.4, -0.2) is 55.0 Å². The second-order valence-electron chi connectivity index (χ2n) is 6.04. The van der Waals surface area contributed by atoms with Gasteiger partial charge >= 0.3 is 5.97 Å². The summed E-state index contributed by atoms with van der Waals surface area (Å²) in [5, 5.41) is 17.9. The van der Waals surface area contributed by atoms with E-state index in [0.717, 1.165) is 24.1 Å². The molecule has 1 N–H and O–H groups in total. The van der Waals surface area contributed by atoms with Crippen LogP contribution < -0.4 is 0 Å². The van der Waals surface area contributed by atoms with Crippen molar-refractivity contribution in [3.05, 3.63) is 36.2 Å². The van der Waals surface area contributed by atoms with Crippen molar-refractivity contribution in [1.29, 1.82) is 0 Å². The van der Waals surface area contributed by atoms with Gasteiger partial charge in [0.25, 0.3) is 0 Å². The summed E-state index contributed by atoms with van der Waals surface area (Å²) in [6.07, 6.45) is 3.82. The van der Waals surface area contributed by atoms with Gasteiger partial charge in [-0.15, -0.1) is 10.2 Å². The fourth-order valence-electron chi connectivity index (χ4n) is 2.90. The Kier molecular flexibility index (Phi) is 5.37. The number of piperidine rings is 1. The second kappa shape index (κ2) is 7.69. The minimum Gasteiger partial charge on any atom is -0.480 e. The van der Waals surface area contributed by atoms with E-state index >= 15 is 0 Å². The van der Waals surface area contributed by atoms with Crippen molar-refractivity contribution in [2.45, 2.75) is 37.4 Å². The number of rotatable bonds is 5. The molecule has 8 heteroatoms. The van der Waals surface area contributed by atoms with E-state index in [-0.39, 0.29) is 11.7 Å². The summed E-state index contributed by atoms with van der Waals surface area (Å²) in [5.74, 6) is -0.953. The fourth-order valence-corrected chi connectivity index (χ4v) is 3.72. The summed E-state index contributed by atoms with van der Waals surface area (Å²) < 4.78 is 1.82. The highest BCUT2D eigenvalue weighted by atomic mass is 32.2. The zero-order valence-electron chi connectivity index (χ0n) is 14.0. The second-order valence-corrected chi connectivity index (χ2v) is 6.99. The number of aromatic nitrogens is 3. The van der Waals surface area contributed by atoms with Crippen LogP contribution in [0.3, 0.4) is 0 Å². The Labute approximate surface area is 150 Å². The first kappa shape index (κ1) is 17.5. The van der Waals surface area contributed by atoms with Gasteiger partial charge in [0.1, 0.15) is 12.4 Å². The van der Waals surface area contributed by atoms with Crippen LogP contribution in [0.4, 0.5) is 0 Å². The third kappa shape index (κ3) is 4.01. The fraction of sp³-hybridized carbons (Fsp3) is 0.412. The monoisotopic (exact) mass is 360 g/mol. The van der Waals surface area contributed by atoms with E-state index in [2.05, 4.69) is 10.2 Å². The molecule has 1 aliphatic rings. The minimum atomic E-state index is -0.930. The lowest BCUT2D eigenvalue weighted by Crippen LogP contribution is -2.48. The Balaban J connectivity index is 1.68. The van der Waals surface area contributed by atoms with Crippen molar-refractivity contribution < 1.29 is 14.7 Å². The molecule has 25 heavy (non-hydrogen) atoms. The Hall–Kier alpha value is -2.35. The van der Waals surface area contributed by atoms with Crippen LogP contribution >= 0.6 is 11.8 Å². The summed E-state index contributed by atoms with van der Waals surface area (Å²) in [5.41, 5.74) is 2.08. The first-order valence-corrected chi connectivity index (χ1v) is 9.17. The molecule has 0 bridgehead atoms. The SMILES string of the molecule is Cc1ccc(-n2cnnc2SCC(=O)N2CCCC[C@@H]2C(=O)O)cc1. The normalized spacial score (nSPS) is 17.5. The molecule has 2 heterocycles. The maximum absolute atomic E-state index is 12.5. The molecule has 1 fully saturated rings. The standard InChI is InChI=1S/C17H20N4O3S/c1-12-5-7-13(8-6-12)21-11-18-19-17(21)25-10-15(22)20-9-3-2-4-14(20)16(23)24/h5-8,11,14H,2-4,9-10H2,1H3,(H,23,24)/t14-/m1/s1. The Bertz CT molecular complexity index is 760. The van der Waals surface area contributed by atoms with Crippen LogP contribution in [0.1, 0.15) is 24.8 Å². The average Bonchev–Trinajstić information content (AvgIpc) is 3.09. The lowest BCUT2D eigenvalue weighted by atomic mass is 10.0. The van der Waals surface area contributed by atoms with Crippen LogP contribution in [0.2, 0.25) is 0 Å². The molecular formula is C17H20N4O3S. The molecule has 2 aromatic rings. The number of carboxylic acids is 1. The molecule has 1 aliphatic heterocycles. The Morgan fingerprint density at radius 2 is 2.04 bits per heavy atom. The predicted octanol–water partition coefficient (Wildman–Crippen LogP) is 2.13. The van der Waals surface area contributed by atoms with Gasteiger partial charge in [0, 0.05) is 12.2 Å². The largest absolute Gasteiger partial charge is 0.480 e. The number of carbonyl (C=O) groups is 2. The summed E-state index contributed by atoms with van der Waals surface area (Å²) in [7, 11) is 0. The highest BCUT2D eigenvalue weighted by Gasteiger charge is 2.31. The summed E-state index contributed by atoms with van der Waals surface area (Å²) in [6.45, 7) is 2.52. The van der Waals surface area contributed by atoms with Crippen molar-refractivity contribution >= 4 is 23.6 Å². The van der Waals surface area contributed by atoms with Gasteiger partial charge < -0.3 is 10.0 Å². The molecular weight excluding hydrogens is 340 g/mol. The topological polar surface area (TPSA) is 88.3 Å². The Morgan fingerprint density at radius 3 is 2.76 bits per heavy atom. The van der Waals surface area contributed by atoms with Gasteiger partial charge in [-0.25, -0.2) is 4.79 Å². The number of thioether (sulfide) groups is 1. The Morgan fingerprint density at radius 1 is 1.28 bits per heavy atom. The van der Waals surface area contributed by atoms with Gasteiger partial charge in [0.15, 0.2) is 5.16 Å². The third-order valence-electron chi connectivity index (χ3n) is 4.26. The van der Waals surface area contributed by atoms with Gasteiger partial charge in [-0.1, -0.05) is 29.5 Å². The molecule has 1 aromatic heterocycles. The van der Waals surface area contributed by atoms with Gasteiger partial charge in [0.05, 0.1) is 5.75 Å². The minimum absolute atomic E-state index is 0.147. The molecule has 1 atom stereocenters. The molecule has 0 saturated carbocycles. The average molecular weight is 360 g/mol. The number of nitrogens with zero attached hydrogens (tertiary/aromatic N) is 4. The molecule has 0 aliphatic carbocycles. The van der Waals surface area contributed by atoms with E-state index in [1.54, 1.807) is 6.33 Å². The number of amides is 1. The van der Waals surface area contributed by atoms with Crippen LogP contribution in [0, 0.1) is 6.92 Å². The van der Waals surface area contributed by atoms with E-state index in [0.29, 0.717) is 18.1 Å². The quantitative estimate of drug-likeness (QED) is 0.822. The van der Waals surface area contributed by atoms with Gasteiger partial charge in [-0.3, -0.25) is 9.36 Å². The molecule has 7 nitrogen and oxygen atoms in total. The first-order chi connectivity index (χ1) is 12.1. The molecule has 0 radical (unpaired) electrons. The molecule has 3 rings (SSSR count). The number of hydrogen-bond donors (Lipinski definition) is 1. The number of carbonyl (C=O) groups excluding carboxylic acids is 1. The molecule has 1 aromatic carbocycles. The number of aryl methyl sites for hydroxylation is 1. The molecule has 1 amide bonds. The van der Waals surface area contributed by atoms with Crippen LogP contribution in [0.25, 0.3) is 5.69 Å². The predicted molar refractivity (Wildman–Crippen MR) is 93.8 cm³/mol. The smallest absolute Gasteiger partial charge is 0.326 e. The van der Waals surface area contributed by atoms with Gasteiger partial charge in [0.2, 0.25) is 5.91 Å². The van der Waals surface area contributed by atoms with Crippen LogP contribution in [0.5, 0.6) is 0 Å². The van der Waals surface area contributed by atoms with Crippen molar-refractivity contribution in [3.8, 4) is 5.69 Å². The summed E-state index contributed by atoms with van der Waals surface area (Å²) in [6, 6.07) is 7.22. The van der Waals surface area contributed by atoms with Crippen molar-refractivity contribution in [1.82, 2.24) is 19.7 Å². The lowest BCUT2D eigenvalue weighted by Gasteiger charge is -2.32. The number of benzene rings is 1. The van der Waals surface area contributed by atoms with Gasteiger partial charge in [-0.2, -0.15) is 0 Å². The summed E-state index contributed by atoms with van der Waals surface area (Å²) in [4.78, 5) is 25.3. The molecule has 132 valence electrons. The van der Waals surface area contributed by atoms with Crippen LogP contribution in [-0.2, 0) is 9.59 Å². The lowest BCUT2D eigenvalue weighted by molar-refractivity contribution is -0.150. The maximum atomic E-state index is 12.5. The molecule has 0 spiro atoms. The number of aliphatic carboxylic acids is 1. The highest BCUT2D eigenvalue weighted by Crippen LogP contribution is 2.23. The zero-order valence-corrected chi connectivity index (χ0v) is 14.8. The van der Waals surface area contributed by atoms with Crippen LogP contribution in [0.15, 0.2) is 35.7 Å². The zero-order chi connectivity index (χ0) is 17.8. The summed E-state index contributed by atoms with van der Waals surface area (Å²) >= 11 is 1.27. The van der Waals surface area contributed by atoms with E-state index in [9.17, 15) is 14.7 Å². The molecule has 1 saturated heterocycles. The highest BCUT2D eigenvalue weighted by molar-refractivity contribution is 7.99. The molecule has 0 unspecified atom stereocenters. The van der Waals surface area contributed by atoms with E-state index in [1.807, 2.05) is 35.8 Å². The number of hydrogen-bond acceptors (Lipinski definition) is 5. The first-order valence-electron chi connectivity index (χ1n) is 8.18. The van der Waals surface area contributed by atoms with E-state index < -0.39 is 12.0 Å². The van der Waals surface area contributed by atoms with Gasteiger partial charge in [-0.05, 0) is 38.3 Å². The number of carboxylic acid groups (broad SMARTS) is 1.